The van der Waals surface area contributed by atoms with Crippen LogP contribution in [-0.4, -0.2) is 27.1 Å². The lowest BCUT2D eigenvalue weighted by Crippen LogP contribution is -2.29. The standard InChI is InChI=1S/C22H17BN2O2/c26-23(27)19-13-7-12-18(14-19)20-15-24-21(16-8-3-1-4-9-16)22(25-20)17-10-5-2-6-11-17/h1-15,26-27H. The van der Waals surface area contributed by atoms with Crippen LogP contribution in [0.2, 0.25) is 0 Å². The largest absolute Gasteiger partial charge is 0.488 e. The zero-order valence-corrected chi connectivity index (χ0v) is 14.5. The van der Waals surface area contributed by atoms with Crippen molar-refractivity contribution in [1.29, 1.82) is 0 Å². The fourth-order valence-corrected chi connectivity index (χ4v) is 2.99. The number of hydrogen-bond donors (Lipinski definition) is 2. The Bertz CT molecular complexity index is 1050. The minimum Gasteiger partial charge on any atom is -0.423 e. The normalized spacial score (nSPS) is 10.6. The van der Waals surface area contributed by atoms with Gasteiger partial charge in [0.25, 0.3) is 0 Å². The van der Waals surface area contributed by atoms with Gasteiger partial charge in [-0.25, -0.2) is 4.98 Å². The van der Waals surface area contributed by atoms with Gasteiger partial charge < -0.3 is 10.0 Å². The third-order valence-corrected chi connectivity index (χ3v) is 4.35. The molecule has 0 atom stereocenters. The van der Waals surface area contributed by atoms with E-state index in [9.17, 15) is 10.0 Å². The topological polar surface area (TPSA) is 66.2 Å². The van der Waals surface area contributed by atoms with Crippen molar-refractivity contribution < 1.29 is 10.0 Å². The molecular weight excluding hydrogens is 335 g/mol. The number of rotatable bonds is 4. The van der Waals surface area contributed by atoms with E-state index < -0.39 is 7.12 Å². The van der Waals surface area contributed by atoms with Gasteiger partial charge in [0.05, 0.1) is 23.3 Å². The molecule has 0 saturated carbocycles. The van der Waals surface area contributed by atoms with Crippen LogP contribution in [0.25, 0.3) is 33.8 Å². The minimum atomic E-state index is -1.52. The lowest BCUT2D eigenvalue weighted by molar-refractivity contribution is 0.426. The van der Waals surface area contributed by atoms with Crippen LogP contribution >= 0.6 is 0 Å². The fraction of sp³-hybridized carbons (Fsp3) is 0. The first-order valence-corrected chi connectivity index (χ1v) is 8.67. The predicted octanol–water partition coefficient (Wildman–Crippen LogP) is 3.16. The molecule has 0 spiro atoms. The molecule has 3 aromatic carbocycles. The second kappa shape index (κ2) is 7.54. The average Bonchev–Trinajstić information content (AvgIpc) is 2.74. The van der Waals surface area contributed by atoms with Crippen LogP contribution in [0, 0.1) is 0 Å². The molecule has 0 amide bonds. The Morgan fingerprint density at radius 1 is 0.630 bits per heavy atom. The maximum atomic E-state index is 9.44. The molecule has 0 unspecified atom stereocenters. The van der Waals surface area contributed by atoms with Crippen LogP contribution in [0.3, 0.4) is 0 Å². The minimum absolute atomic E-state index is 0.419. The summed E-state index contributed by atoms with van der Waals surface area (Å²) in [6.07, 6.45) is 1.72. The molecule has 130 valence electrons. The van der Waals surface area contributed by atoms with Crippen molar-refractivity contribution in [3.8, 4) is 33.8 Å². The van der Waals surface area contributed by atoms with Gasteiger partial charge in [-0.05, 0) is 5.46 Å². The number of nitrogens with zero attached hydrogens (tertiary/aromatic N) is 2. The van der Waals surface area contributed by atoms with Crippen molar-refractivity contribution in [3.05, 3.63) is 91.1 Å². The Kier molecular flexibility index (Phi) is 4.79. The Hall–Kier alpha value is -3.28. The van der Waals surface area contributed by atoms with Crippen LogP contribution in [0.15, 0.2) is 91.1 Å². The average molecular weight is 352 g/mol. The van der Waals surface area contributed by atoms with E-state index >= 15 is 0 Å². The first-order valence-electron chi connectivity index (χ1n) is 8.67. The maximum absolute atomic E-state index is 9.44. The molecule has 5 heteroatoms. The molecule has 0 saturated heterocycles. The molecule has 0 aliphatic heterocycles. The van der Waals surface area contributed by atoms with Crippen LogP contribution in [0.1, 0.15) is 0 Å². The van der Waals surface area contributed by atoms with E-state index in [-0.39, 0.29) is 0 Å². The molecule has 0 aliphatic carbocycles. The zero-order chi connectivity index (χ0) is 18.6. The molecule has 0 fully saturated rings. The van der Waals surface area contributed by atoms with Crippen LogP contribution < -0.4 is 5.46 Å². The van der Waals surface area contributed by atoms with Crippen molar-refractivity contribution in [2.75, 3.05) is 0 Å². The molecule has 4 nitrogen and oxygen atoms in total. The van der Waals surface area contributed by atoms with E-state index in [1.54, 1.807) is 24.4 Å². The SMILES string of the molecule is OB(O)c1cccc(-c2cnc(-c3ccccc3)c(-c3ccccc3)n2)c1. The van der Waals surface area contributed by atoms with E-state index in [2.05, 4.69) is 4.98 Å². The molecule has 0 aliphatic rings. The summed E-state index contributed by atoms with van der Waals surface area (Å²) in [5, 5.41) is 18.9. The third kappa shape index (κ3) is 3.65. The highest BCUT2D eigenvalue weighted by molar-refractivity contribution is 6.58. The Balaban J connectivity index is 1.88. The summed E-state index contributed by atoms with van der Waals surface area (Å²) in [7, 11) is -1.52. The van der Waals surface area contributed by atoms with Crippen molar-refractivity contribution in [2.45, 2.75) is 0 Å². The second-order valence-electron chi connectivity index (χ2n) is 6.18. The Labute approximate surface area is 158 Å². The number of aromatic nitrogens is 2. The quantitative estimate of drug-likeness (QED) is 0.554. The molecule has 4 rings (SSSR count). The van der Waals surface area contributed by atoms with E-state index in [1.807, 2.05) is 66.7 Å². The molecule has 0 bridgehead atoms. The van der Waals surface area contributed by atoms with Crippen molar-refractivity contribution in [1.82, 2.24) is 9.97 Å². The fourth-order valence-electron chi connectivity index (χ4n) is 2.99. The van der Waals surface area contributed by atoms with Gasteiger partial charge in [-0.2, -0.15) is 0 Å². The summed E-state index contributed by atoms with van der Waals surface area (Å²) in [5.41, 5.74) is 5.45. The number of benzene rings is 3. The first kappa shape index (κ1) is 17.2. The van der Waals surface area contributed by atoms with Gasteiger partial charge in [-0.1, -0.05) is 84.9 Å². The molecule has 2 N–H and O–H groups in total. The molecule has 27 heavy (non-hydrogen) atoms. The predicted molar refractivity (Wildman–Crippen MR) is 108 cm³/mol. The molecular formula is C22H17BN2O2. The smallest absolute Gasteiger partial charge is 0.423 e. The van der Waals surface area contributed by atoms with Crippen LogP contribution in [0.4, 0.5) is 0 Å². The maximum Gasteiger partial charge on any atom is 0.488 e. The highest BCUT2D eigenvalue weighted by atomic mass is 16.4. The van der Waals surface area contributed by atoms with Gasteiger partial charge in [0.2, 0.25) is 0 Å². The lowest BCUT2D eigenvalue weighted by atomic mass is 9.79. The van der Waals surface area contributed by atoms with Crippen molar-refractivity contribution in [2.24, 2.45) is 0 Å². The highest BCUT2D eigenvalue weighted by Gasteiger charge is 2.15. The second-order valence-corrected chi connectivity index (χ2v) is 6.18. The molecule has 1 aromatic heterocycles. The van der Waals surface area contributed by atoms with E-state index in [0.717, 1.165) is 28.1 Å². The summed E-state index contributed by atoms with van der Waals surface area (Å²) in [4.78, 5) is 9.55. The molecule has 1 heterocycles. The van der Waals surface area contributed by atoms with Gasteiger partial charge in [0.1, 0.15) is 0 Å². The zero-order valence-electron chi connectivity index (χ0n) is 14.5. The Morgan fingerprint density at radius 2 is 1.22 bits per heavy atom. The highest BCUT2D eigenvalue weighted by Crippen LogP contribution is 2.30. The Morgan fingerprint density at radius 3 is 1.85 bits per heavy atom. The summed E-state index contributed by atoms with van der Waals surface area (Å²) in [6, 6.07) is 26.9. The molecule has 4 aromatic rings. The van der Waals surface area contributed by atoms with Gasteiger partial charge in [0.15, 0.2) is 0 Å². The first-order chi connectivity index (χ1) is 13.2. The van der Waals surface area contributed by atoms with Gasteiger partial charge >= 0.3 is 7.12 Å². The van der Waals surface area contributed by atoms with Crippen LogP contribution in [-0.2, 0) is 0 Å². The summed E-state index contributed by atoms with van der Waals surface area (Å²) in [5.74, 6) is 0. The van der Waals surface area contributed by atoms with Crippen molar-refractivity contribution in [3.63, 3.8) is 0 Å². The van der Waals surface area contributed by atoms with E-state index in [0.29, 0.717) is 11.2 Å². The lowest BCUT2D eigenvalue weighted by Gasteiger charge is -2.11. The monoisotopic (exact) mass is 352 g/mol. The van der Waals surface area contributed by atoms with Gasteiger partial charge in [-0.15, -0.1) is 0 Å². The third-order valence-electron chi connectivity index (χ3n) is 4.35. The summed E-state index contributed by atoms with van der Waals surface area (Å²) < 4.78 is 0. The van der Waals surface area contributed by atoms with Gasteiger partial charge in [-0.3, -0.25) is 4.98 Å². The van der Waals surface area contributed by atoms with Crippen LogP contribution in [0.5, 0.6) is 0 Å². The van der Waals surface area contributed by atoms with E-state index in [1.165, 1.54) is 0 Å². The van der Waals surface area contributed by atoms with E-state index in [4.69, 9.17) is 4.98 Å². The van der Waals surface area contributed by atoms with Crippen molar-refractivity contribution >= 4 is 12.6 Å². The summed E-state index contributed by atoms with van der Waals surface area (Å²) >= 11 is 0. The number of hydrogen-bond acceptors (Lipinski definition) is 4. The van der Waals surface area contributed by atoms with Gasteiger partial charge in [0, 0.05) is 16.7 Å². The summed E-state index contributed by atoms with van der Waals surface area (Å²) in [6.45, 7) is 0. The molecule has 0 radical (unpaired) electrons.